The highest BCUT2D eigenvalue weighted by Gasteiger charge is 2.30. The van der Waals surface area contributed by atoms with Crippen molar-refractivity contribution in [1.29, 1.82) is 0 Å². The lowest BCUT2D eigenvalue weighted by Gasteiger charge is -2.36. The fourth-order valence-electron chi connectivity index (χ4n) is 2.46. The quantitative estimate of drug-likeness (QED) is 0.921. The Balaban J connectivity index is 2.13. The standard InChI is InChI=1S/C14H17F2NO3/c1-2-12(14(18)19)17-5-6-20-13(8-17)9-3-4-10(15)11(16)7-9/h3-4,7,12-13H,2,5-6,8H2,1H3,(H,18,19)/t12-,13+/m0/s1. The van der Waals surface area contributed by atoms with Gasteiger partial charge in [-0.1, -0.05) is 13.0 Å². The molecular weight excluding hydrogens is 268 g/mol. The number of carboxylic acid groups (broad SMARTS) is 1. The molecule has 1 aromatic rings. The minimum Gasteiger partial charge on any atom is -0.480 e. The van der Waals surface area contributed by atoms with Gasteiger partial charge in [-0.2, -0.15) is 0 Å². The molecule has 1 aliphatic rings. The van der Waals surface area contributed by atoms with Gasteiger partial charge in [-0.3, -0.25) is 9.69 Å². The van der Waals surface area contributed by atoms with E-state index in [1.807, 2.05) is 0 Å². The molecule has 0 aliphatic carbocycles. The lowest BCUT2D eigenvalue weighted by Crippen LogP contribution is -2.48. The zero-order valence-electron chi connectivity index (χ0n) is 11.2. The van der Waals surface area contributed by atoms with E-state index in [1.54, 1.807) is 11.8 Å². The number of nitrogens with zero attached hydrogens (tertiary/aromatic N) is 1. The van der Waals surface area contributed by atoms with Gasteiger partial charge in [-0.05, 0) is 24.1 Å². The van der Waals surface area contributed by atoms with E-state index < -0.39 is 29.7 Å². The fraction of sp³-hybridized carbons (Fsp3) is 0.500. The van der Waals surface area contributed by atoms with Gasteiger partial charge >= 0.3 is 5.97 Å². The molecule has 2 atom stereocenters. The van der Waals surface area contributed by atoms with Crippen LogP contribution in [0.15, 0.2) is 18.2 Å². The highest BCUT2D eigenvalue weighted by atomic mass is 19.2. The highest BCUT2D eigenvalue weighted by Crippen LogP contribution is 2.25. The summed E-state index contributed by atoms with van der Waals surface area (Å²) in [7, 11) is 0. The van der Waals surface area contributed by atoms with Crippen LogP contribution in [-0.2, 0) is 9.53 Å². The van der Waals surface area contributed by atoms with E-state index in [9.17, 15) is 18.7 Å². The Labute approximate surface area is 116 Å². The molecule has 1 fully saturated rings. The summed E-state index contributed by atoms with van der Waals surface area (Å²) in [5.74, 6) is -2.70. The third kappa shape index (κ3) is 3.13. The molecule has 1 heterocycles. The van der Waals surface area contributed by atoms with E-state index in [2.05, 4.69) is 0 Å². The Bertz CT molecular complexity index is 495. The van der Waals surface area contributed by atoms with Crippen molar-refractivity contribution < 1.29 is 23.4 Å². The van der Waals surface area contributed by atoms with Crippen molar-refractivity contribution in [3.63, 3.8) is 0 Å². The SMILES string of the molecule is CC[C@@H](C(=O)O)N1CCO[C@@H](c2ccc(F)c(F)c2)C1. The van der Waals surface area contributed by atoms with Crippen molar-refractivity contribution >= 4 is 5.97 Å². The predicted octanol–water partition coefficient (Wildman–Crippen LogP) is 2.20. The lowest BCUT2D eigenvalue weighted by atomic mass is 10.1. The highest BCUT2D eigenvalue weighted by molar-refractivity contribution is 5.73. The van der Waals surface area contributed by atoms with Crippen LogP contribution in [0.25, 0.3) is 0 Å². The van der Waals surface area contributed by atoms with Crippen molar-refractivity contribution in [2.24, 2.45) is 0 Å². The summed E-state index contributed by atoms with van der Waals surface area (Å²) in [5.41, 5.74) is 0.522. The number of carboxylic acids is 1. The van der Waals surface area contributed by atoms with Crippen LogP contribution in [0.4, 0.5) is 8.78 Å². The molecular formula is C14H17F2NO3. The van der Waals surface area contributed by atoms with E-state index in [0.717, 1.165) is 12.1 Å². The van der Waals surface area contributed by atoms with Gasteiger partial charge in [0.05, 0.1) is 12.7 Å². The number of ether oxygens (including phenoxy) is 1. The minimum atomic E-state index is -0.923. The normalized spacial score (nSPS) is 21.6. The molecule has 6 heteroatoms. The fourth-order valence-corrected chi connectivity index (χ4v) is 2.46. The van der Waals surface area contributed by atoms with Crippen LogP contribution in [0, 0.1) is 11.6 Å². The summed E-state index contributed by atoms with van der Waals surface area (Å²) in [4.78, 5) is 13.0. The molecule has 0 bridgehead atoms. The Morgan fingerprint density at radius 1 is 1.50 bits per heavy atom. The largest absolute Gasteiger partial charge is 0.480 e. The van der Waals surface area contributed by atoms with Crippen molar-refractivity contribution in [2.45, 2.75) is 25.5 Å². The number of halogens is 2. The van der Waals surface area contributed by atoms with Gasteiger partial charge < -0.3 is 9.84 Å². The zero-order valence-corrected chi connectivity index (χ0v) is 11.2. The number of hydrogen-bond acceptors (Lipinski definition) is 3. The first-order valence-corrected chi connectivity index (χ1v) is 6.56. The maximum atomic E-state index is 13.2. The third-order valence-corrected chi connectivity index (χ3v) is 3.53. The van der Waals surface area contributed by atoms with Crippen molar-refractivity contribution in [2.75, 3.05) is 19.7 Å². The number of aliphatic carboxylic acids is 1. The second-order valence-corrected chi connectivity index (χ2v) is 4.79. The van der Waals surface area contributed by atoms with Gasteiger partial charge in [-0.25, -0.2) is 8.78 Å². The Morgan fingerprint density at radius 2 is 2.25 bits per heavy atom. The van der Waals surface area contributed by atoms with Crippen LogP contribution in [0.2, 0.25) is 0 Å². The van der Waals surface area contributed by atoms with Crippen LogP contribution in [0.3, 0.4) is 0 Å². The first-order chi connectivity index (χ1) is 9.52. The van der Waals surface area contributed by atoms with Gasteiger partial charge in [0.25, 0.3) is 0 Å². The molecule has 0 saturated carbocycles. The second-order valence-electron chi connectivity index (χ2n) is 4.79. The molecule has 0 amide bonds. The molecule has 0 radical (unpaired) electrons. The van der Waals surface area contributed by atoms with E-state index >= 15 is 0 Å². The van der Waals surface area contributed by atoms with Crippen LogP contribution in [0.5, 0.6) is 0 Å². The number of hydrogen-bond donors (Lipinski definition) is 1. The molecule has 110 valence electrons. The Kier molecular flexibility index (Phi) is 4.67. The van der Waals surface area contributed by atoms with Crippen LogP contribution in [-0.4, -0.2) is 41.7 Å². The van der Waals surface area contributed by atoms with Crippen molar-refractivity contribution in [1.82, 2.24) is 4.90 Å². The summed E-state index contributed by atoms with van der Waals surface area (Å²) >= 11 is 0. The molecule has 0 aromatic heterocycles. The van der Waals surface area contributed by atoms with Gasteiger partial charge in [-0.15, -0.1) is 0 Å². The number of rotatable bonds is 4. The molecule has 20 heavy (non-hydrogen) atoms. The summed E-state index contributed by atoms with van der Waals surface area (Å²) < 4.78 is 31.7. The molecule has 2 rings (SSSR count). The van der Waals surface area contributed by atoms with Crippen molar-refractivity contribution in [3.8, 4) is 0 Å². The smallest absolute Gasteiger partial charge is 0.320 e. The summed E-state index contributed by atoms with van der Waals surface area (Å²) in [6, 6.07) is 3.05. The molecule has 1 aromatic carbocycles. The van der Waals surface area contributed by atoms with Gasteiger partial charge in [0, 0.05) is 13.1 Å². The molecule has 4 nitrogen and oxygen atoms in total. The first kappa shape index (κ1) is 14.9. The Hall–Kier alpha value is -1.53. The lowest BCUT2D eigenvalue weighted by molar-refractivity contribution is -0.147. The minimum absolute atomic E-state index is 0.357. The number of carbonyl (C=O) groups is 1. The first-order valence-electron chi connectivity index (χ1n) is 6.56. The average Bonchev–Trinajstić information content (AvgIpc) is 2.42. The van der Waals surface area contributed by atoms with Crippen molar-refractivity contribution in [3.05, 3.63) is 35.4 Å². The average molecular weight is 285 g/mol. The monoisotopic (exact) mass is 285 g/mol. The van der Waals surface area contributed by atoms with E-state index in [0.29, 0.717) is 31.7 Å². The second kappa shape index (κ2) is 6.28. The van der Waals surface area contributed by atoms with Crippen LogP contribution in [0.1, 0.15) is 25.0 Å². The predicted molar refractivity (Wildman–Crippen MR) is 68.3 cm³/mol. The molecule has 0 unspecified atom stereocenters. The van der Waals surface area contributed by atoms with Gasteiger partial charge in [0.15, 0.2) is 11.6 Å². The van der Waals surface area contributed by atoms with E-state index in [1.165, 1.54) is 6.07 Å². The molecule has 1 aliphatic heterocycles. The number of morpholine rings is 1. The summed E-state index contributed by atoms with van der Waals surface area (Å²) in [5, 5.41) is 9.17. The van der Waals surface area contributed by atoms with E-state index in [-0.39, 0.29) is 0 Å². The maximum Gasteiger partial charge on any atom is 0.320 e. The third-order valence-electron chi connectivity index (χ3n) is 3.53. The van der Waals surface area contributed by atoms with Crippen LogP contribution >= 0.6 is 0 Å². The molecule has 1 N–H and O–H groups in total. The summed E-state index contributed by atoms with van der Waals surface area (Å²) in [6.45, 7) is 3.05. The topological polar surface area (TPSA) is 49.8 Å². The Morgan fingerprint density at radius 3 is 2.85 bits per heavy atom. The van der Waals surface area contributed by atoms with Crippen LogP contribution < -0.4 is 0 Å². The van der Waals surface area contributed by atoms with E-state index in [4.69, 9.17) is 4.74 Å². The zero-order chi connectivity index (χ0) is 14.7. The van der Waals surface area contributed by atoms with Gasteiger partial charge in [0.1, 0.15) is 6.04 Å². The maximum absolute atomic E-state index is 13.2. The molecule has 0 spiro atoms. The summed E-state index contributed by atoms with van der Waals surface area (Å²) in [6.07, 6.45) is 0.0482. The molecule has 1 saturated heterocycles. The number of benzene rings is 1. The van der Waals surface area contributed by atoms with Gasteiger partial charge in [0.2, 0.25) is 0 Å².